The molecule has 1 aromatic rings. The third-order valence-electron chi connectivity index (χ3n) is 2.67. The summed E-state index contributed by atoms with van der Waals surface area (Å²) in [7, 11) is 0. The molecule has 0 radical (unpaired) electrons. The molecule has 1 fully saturated rings. The van der Waals surface area contributed by atoms with E-state index in [0.29, 0.717) is 24.9 Å². The van der Waals surface area contributed by atoms with Crippen molar-refractivity contribution in [3.63, 3.8) is 0 Å². The summed E-state index contributed by atoms with van der Waals surface area (Å²) in [6.45, 7) is 1.28. The Morgan fingerprint density at radius 3 is 3.00 bits per heavy atom. The van der Waals surface area contributed by atoms with E-state index in [0.717, 1.165) is 18.4 Å². The number of carboxylic acids is 1. The van der Waals surface area contributed by atoms with E-state index in [1.165, 1.54) is 0 Å². The van der Waals surface area contributed by atoms with Crippen molar-refractivity contribution in [3.8, 4) is 5.88 Å². The molecule has 0 spiro atoms. The molecule has 0 saturated heterocycles. The maximum Gasteiger partial charge on any atom is 0.356 e. The molecule has 0 amide bonds. The van der Waals surface area contributed by atoms with Crippen LogP contribution in [0.3, 0.4) is 0 Å². The van der Waals surface area contributed by atoms with Gasteiger partial charge in [0.25, 0.3) is 0 Å². The zero-order valence-electron chi connectivity index (χ0n) is 7.56. The molecular weight excluding hydrogens is 184 g/mol. The number of carboxylic acid groups (broad SMARTS) is 1. The molecule has 5 heteroatoms. The van der Waals surface area contributed by atoms with E-state index in [1.807, 2.05) is 0 Å². The Morgan fingerprint density at radius 1 is 1.57 bits per heavy atom. The quantitative estimate of drug-likeness (QED) is 0.758. The lowest BCUT2D eigenvalue weighted by molar-refractivity contribution is 0.0688. The van der Waals surface area contributed by atoms with Gasteiger partial charge in [-0.2, -0.15) is 5.10 Å². The van der Waals surface area contributed by atoms with E-state index in [9.17, 15) is 4.79 Å². The van der Waals surface area contributed by atoms with Gasteiger partial charge in [0.2, 0.25) is 5.88 Å². The van der Waals surface area contributed by atoms with Gasteiger partial charge in [0.15, 0.2) is 5.69 Å². The van der Waals surface area contributed by atoms with Gasteiger partial charge in [0.1, 0.15) is 6.61 Å². The molecule has 0 bridgehead atoms. The van der Waals surface area contributed by atoms with Crippen LogP contribution >= 0.6 is 0 Å². The molecular formula is C9H10N2O3. The number of carbonyl (C=O) groups is 1. The Hall–Kier alpha value is -1.52. The van der Waals surface area contributed by atoms with Crippen molar-refractivity contribution in [2.24, 2.45) is 0 Å². The normalized spacial score (nSPS) is 19.1. The summed E-state index contributed by atoms with van der Waals surface area (Å²) in [5.74, 6) is 0.102. The van der Waals surface area contributed by atoms with E-state index in [4.69, 9.17) is 9.84 Å². The first-order valence-corrected chi connectivity index (χ1v) is 4.74. The number of hydrogen-bond donors (Lipinski definition) is 1. The topological polar surface area (TPSA) is 64.3 Å². The predicted octanol–water partition coefficient (Wildman–Crippen LogP) is 0.851. The highest BCUT2D eigenvalue weighted by atomic mass is 16.5. The van der Waals surface area contributed by atoms with Crippen LogP contribution in [-0.4, -0.2) is 27.5 Å². The SMILES string of the molecule is O=C(O)c1nn2c(c1C1CC1)OCC2. The van der Waals surface area contributed by atoms with Gasteiger partial charge in [0.05, 0.1) is 12.1 Å². The minimum absolute atomic E-state index is 0.183. The molecule has 0 unspecified atom stereocenters. The van der Waals surface area contributed by atoms with E-state index in [-0.39, 0.29) is 5.69 Å². The van der Waals surface area contributed by atoms with Crippen LogP contribution in [0.5, 0.6) is 5.88 Å². The minimum Gasteiger partial charge on any atom is -0.476 e. The average Bonchev–Trinajstić information content (AvgIpc) is 2.76. The van der Waals surface area contributed by atoms with Gasteiger partial charge in [-0.1, -0.05) is 0 Å². The molecule has 1 aromatic heterocycles. The Morgan fingerprint density at radius 2 is 2.36 bits per heavy atom. The van der Waals surface area contributed by atoms with Gasteiger partial charge in [-0.3, -0.25) is 0 Å². The van der Waals surface area contributed by atoms with E-state index >= 15 is 0 Å². The molecule has 2 aliphatic rings. The second-order valence-corrected chi connectivity index (χ2v) is 3.72. The van der Waals surface area contributed by atoms with Crippen molar-refractivity contribution >= 4 is 5.97 Å². The van der Waals surface area contributed by atoms with Crippen LogP contribution in [0.4, 0.5) is 0 Å². The van der Waals surface area contributed by atoms with Crippen molar-refractivity contribution in [1.82, 2.24) is 9.78 Å². The Kier molecular flexibility index (Phi) is 1.40. The number of aromatic carboxylic acids is 1. The molecule has 1 saturated carbocycles. The van der Waals surface area contributed by atoms with E-state index < -0.39 is 5.97 Å². The van der Waals surface area contributed by atoms with Crippen molar-refractivity contribution in [2.45, 2.75) is 25.3 Å². The first-order valence-electron chi connectivity index (χ1n) is 4.74. The van der Waals surface area contributed by atoms with Crippen LogP contribution in [-0.2, 0) is 6.54 Å². The van der Waals surface area contributed by atoms with Crippen LogP contribution in [0, 0.1) is 0 Å². The van der Waals surface area contributed by atoms with Crippen molar-refractivity contribution < 1.29 is 14.6 Å². The van der Waals surface area contributed by atoms with Crippen LogP contribution in [0.15, 0.2) is 0 Å². The third kappa shape index (κ3) is 0.950. The summed E-state index contributed by atoms with van der Waals surface area (Å²) in [5, 5.41) is 13.0. The molecule has 5 nitrogen and oxygen atoms in total. The summed E-state index contributed by atoms with van der Waals surface area (Å²) < 4.78 is 7.06. The van der Waals surface area contributed by atoms with Gasteiger partial charge in [-0.05, 0) is 18.8 Å². The molecule has 14 heavy (non-hydrogen) atoms. The summed E-state index contributed by atoms with van der Waals surface area (Å²) in [5.41, 5.74) is 0.997. The van der Waals surface area contributed by atoms with Gasteiger partial charge in [-0.15, -0.1) is 0 Å². The smallest absolute Gasteiger partial charge is 0.356 e. The van der Waals surface area contributed by atoms with Gasteiger partial charge < -0.3 is 9.84 Å². The Balaban J connectivity index is 2.15. The summed E-state index contributed by atoms with van der Waals surface area (Å²) in [6.07, 6.45) is 2.12. The molecule has 0 aromatic carbocycles. The number of aromatic nitrogens is 2. The standard InChI is InChI=1S/C9H10N2O3/c12-9(13)7-6(5-1-2-5)8-11(10-7)3-4-14-8/h5H,1-4H2,(H,12,13). The second kappa shape index (κ2) is 2.50. The highest BCUT2D eigenvalue weighted by Gasteiger charge is 2.37. The number of nitrogens with zero attached hydrogens (tertiary/aromatic N) is 2. The van der Waals surface area contributed by atoms with Crippen LogP contribution in [0.25, 0.3) is 0 Å². The lowest BCUT2D eigenvalue weighted by Gasteiger charge is -1.98. The lowest BCUT2D eigenvalue weighted by atomic mass is 10.1. The second-order valence-electron chi connectivity index (χ2n) is 3.72. The van der Waals surface area contributed by atoms with E-state index in [1.54, 1.807) is 4.68 Å². The predicted molar refractivity (Wildman–Crippen MR) is 46.7 cm³/mol. The molecule has 1 aliphatic carbocycles. The van der Waals surface area contributed by atoms with Crippen molar-refractivity contribution in [1.29, 1.82) is 0 Å². The monoisotopic (exact) mass is 194 g/mol. The molecule has 0 atom stereocenters. The Labute approximate surface area is 80.3 Å². The number of rotatable bonds is 2. The lowest BCUT2D eigenvalue weighted by Crippen LogP contribution is -2.05. The maximum absolute atomic E-state index is 10.9. The fraction of sp³-hybridized carbons (Fsp3) is 0.556. The summed E-state index contributed by atoms with van der Waals surface area (Å²) in [6, 6.07) is 0. The molecule has 1 aliphatic heterocycles. The highest BCUT2D eigenvalue weighted by molar-refractivity contribution is 5.88. The zero-order valence-corrected chi connectivity index (χ0v) is 7.56. The van der Waals surface area contributed by atoms with Gasteiger partial charge in [0, 0.05) is 0 Å². The largest absolute Gasteiger partial charge is 0.476 e. The first-order chi connectivity index (χ1) is 6.77. The maximum atomic E-state index is 10.9. The fourth-order valence-electron chi connectivity index (χ4n) is 1.89. The average molecular weight is 194 g/mol. The number of ether oxygens (including phenoxy) is 1. The third-order valence-corrected chi connectivity index (χ3v) is 2.67. The number of fused-ring (bicyclic) bond motifs is 1. The summed E-state index contributed by atoms with van der Waals surface area (Å²) in [4.78, 5) is 10.9. The Bertz CT molecular complexity index is 406. The zero-order chi connectivity index (χ0) is 9.71. The highest BCUT2D eigenvalue weighted by Crippen LogP contribution is 2.46. The first kappa shape index (κ1) is 7.84. The molecule has 3 rings (SSSR count). The summed E-state index contributed by atoms with van der Waals surface area (Å²) >= 11 is 0. The van der Waals surface area contributed by atoms with Crippen molar-refractivity contribution in [2.75, 3.05) is 6.61 Å². The minimum atomic E-state index is -0.947. The van der Waals surface area contributed by atoms with Gasteiger partial charge in [-0.25, -0.2) is 9.48 Å². The fourth-order valence-corrected chi connectivity index (χ4v) is 1.89. The van der Waals surface area contributed by atoms with Crippen LogP contribution in [0.1, 0.15) is 34.8 Å². The van der Waals surface area contributed by atoms with Crippen LogP contribution in [0.2, 0.25) is 0 Å². The van der Waals surface area contributed by atoms with Crippen LogP contribution < -0.4 is 4.74 Å². The van der Waals surface area contributed by atoms with Crippen molar-refractivity contribution in [3.05, 3.63) is 11.3 Å². The van der Waals surface area contributed by atoms with E-state index in [2.05, 4.69) is 5.10 Å². The number of hydrogen-bond acceptors (Lipinski definition) is 3. The molecule has 74 valence electrons. The molecule has 2 heterocycles. The molecule has 1 N–H and O–H groups in total. The van der Waals surface area contributed by atoms with Gasteiger partial charge >= 0.3 is 5.97 Å².